The molecule has 0 unspecified atom stereocenters. The summed E-state index contributed by atoms with van der Waals surface area (Å²) in [6.45, 7) is 0.464. The molecule has 1 N–H and O–H groups in total. The third-order valence-electron chi connectivity index (χ3n) is 8.95. The maximum Gasteiger partial charge on any atom is 0.0467 e. The monoisotopic (exact) mass is 298 g/mol. The van der Waals surface area contributed by atoms with E-state index in [9.17, 15) is 5.11 Å². The second-order valence-corrected chi connectivity index (χ2v) is 9.93. The minimum absolute atomic E-state index is 0.464. The van der Waals surface area contributed by atoms with Crippen molar-refractivity contribution in [1.82, 2.24) is 0 Å². The van der Waals surface area contributed by atoms with Crippen LogP contribution in [0.2, 0.25) is 0 Å². The lowest BCUT2D eigenvalue weighted by molar-refractivity contribution is -0.0243. The van der Waals surface area contributed by atoms with Crippen molar-refractivity contribution in [1.29, 1.82) is 0 Å². The molecule has 0 saturated heterocycles. The summed E-state index contributed by atoms with van der Waals surface area (Å²) in [5.74, 6) is 8.37. The molecule has 1 nitrogen and oxygen atoms in total. The molecule has 0 heterocycles. The maximum absolute atomic E-state index is 10.0. The molecular formula is C21H30O. The smallest absolute Gasteiger partial charge is 0.0467 e. The molecule has 0 amide bonds. The van der Waals surface area contributed by atoms with Gasteiger partial charge < -0.3 is 5.11 Å². The van der Waals surface area contributed by atoms with Crippen LogP contribution in [0, 0.1) is 53.3 Å². The van der Waals surface area contributed by atoms with Gasteiger partial charge in [-0.25, -0.2) is 0 Å². The molecule has 1 heteroatoms. The molecule has 120 valence electrons. The molecule has 0 aromatic rings. The van der Waals surface area contributed by atoms with Crippen LogP contribution in [0.5, 0.6) is 0 Å². The van der Waals surface area contributed by atoms with Gasteiger partial charge in [-0.2, -0.15) is 0 Å². The SMILES string of the molecule is OC[C@H]1[C@@H]2C[C@H]3C[C@@H](C2)C(=C2C4CC5CC(C4)CC2C5)[C@@H]1C3. The summed E-state index contributed by atoms with van der Waals surface area (Å²) in [4.78, 5) is 0. The lowest BCUT2D eigenvalue weighted by Crippen LogP contribution is -2.50. The quantitative estimate of drug-likeness (QED) is 0.711. The van der Waals surface area contributed by atoms with E-state index < -0.39 is 0 Å². The third kappa shape index (κ3) is 1.60. The fourth-order valence-corrected chi connectivity index (χ4v) is 8.69. The highest BCUT2D eigenvalue weighted by molar-refractivity contribution is 5.34. The van der Waals surface area contributed by atoms with E-state index in [4.69, 9.17) is 0 Å². The predicted molar refractivity (Wildman–Crippen MR) is 87.1 cm³/mol. The van der Waals surface area contributed by atoms with Crippen molar-refractivity contribution < 1.29 is 5.11 Å². The van der Waals surface area contributed by atoms with Gasteiger partial charge in [-0.15, -0.1) is 0 Å². The van der Waals surface area contributed by atoms with Gasteiger partial charge in [0.15, 0.2) is 0 Å². The molecule has 8 aliphatic carbocycles. The number of hydrogen-bond acceptors (Lipinski definition) is 1. The number of aliphatic hydroxyl groups excluding tert-OH is 1. The first kappa shape index (κ1) is 13.0. The Hall–Kier alpha value is -0.300. The van der Waals surface area contributed by atoms with E-state index >= 15 is 0 Å². The fraction of sp³-hybridized carbons (Fsp3) is 0.905. The second kappa shape index (κ2) is 4.41. The van der Waals surface area contributed by atoms with Crippen molar-refractivity contribution in [2.75, 3.05) is 6.61 Å². The Kier molecular flexibility index (Phi) is 2.61. The molecule has 22 heavy (non-hydrogen) atoms. The summed E-state index contributed by atoms with van der Waals surface area (Å²) in [5.41, 5.74) is 3.96. The first-order valence-electron chi connectivity index (χ1n) is 10.1. The van der Waals surface area contributed by atoms with Crippen molar-refractivity contribution in [2.45, 2.75) is 57.8 Å². The van der Waals surface area contributed by atoms with Gasteiger partial charge in [-0.3, -0.25) is 0 Å². The minimum Gasteiger partial charge on any atom is -0.396 e. The van der Waals surface area contributed by atoms with E-state index in [2.05, 4.69) is 0 Å². The molecule has 0 spiro atoms. The summed E-state index contributed by atoms with van der Waals surface area (Å²) >= 11 is 0. The van der Waals surface area contributed by atoms with E-state index in [1.165, 1.54) is 51.4 Å². The zero-order valence-corrected chi connectivity index (χ0v) is 13.7. The minimum atomic E-state index is 0.464. The third-order valence-corrected chi connectivity index (χ3v) is 8.95. The van der Waals surface area contributed by atoms with E-state index in [1.54, 1.807) is 6.42 Å². The zero-order valence-electron chi connectivity index (χ0n) is 13.7. The van der Waals surface area contributed by atoms with Crippen LogP contribution in [0.3, 0.4) is 0 Å². The van der Waals surface area contributed by atoms with E-state index in [-0.39, 0.29) is 0 Å². The van der Waals surface area contributed by atoms with Gasteiger partial charge >= 0.3 is 0 Å². The molecule has 0 radical (unpaired) electrons. The molecule has 8 rings (SSSR count). The summed E-state index contributed by atoms with van der Waals surface area (Å²) in [7, 11) is 0. The number of aliphatic hydroxyl groups is 1. The second-order valence-electron chi connectivity index (χ2n) is 9.93. The van der Waals surface area contributed by atoms with Crippen molar-refractivity contribution in [3.63, 3.8) is 0 Å². The van der Waals surface area contributed by atoms with Crippen LogP contribution >= 0.6 is 0 Å². The molecule has 8 saturated carbocycles. The van der Waals surface area contributed by atoms with Crippen molar-refractivity contribution in [3.05, 3.63) is 11.1 Å². The number of rotatable bonds is 1. The fourth-order valence-electron chi connectivity index (χ4n) is 8.69. The van der Waals surface area contributed by atoms with Crippen LogP contribution in [-0.2, 0) is 0 Å². The molecule has 0 aromatic carbocycles. The summed E-state index contributed by atoms with van der Waals surface area (Å²) in [6.07, 6.45) is 13.5. The lowest BCUT2D eigenvalue weighted by atomic mass is 9.46. The molecule has 0 aromatic heterocycles. The van der Waals surface area contributed by atoms with E-state index in [1.807, 2.05) is 11.1 Å². The van der Waals surface area contributed by atoms with Gasteiger partial charge in [-0.05, 0) is 111 Å². The molecular weight excluding hydrogens is 268 g/mol. The Morgan fingerprint density at radius 1 is 0.636 bits per heavy atom. The van der Waals surface area contributed by atoms with Crippen LogP contribution < -0.4 is 0 Å². The zero-order chi connectivity index (χ0) is 14.4. The van der Waals surface area contributed by atoms with Crippen molar-refractivity contribution in [3.8, 4) is 0 Å². The first-order chi connectivity index (χ1) is 10.8. The van der Waals surface area contributed by atoms with Crippen LogP contribution in [0.15, 0.2) is 11.1 Å². The first-order valence-corrected chi connectivity index (χ1v) is 10.1. The molecule has 8 aliphatic rings. The lowest BCUT2D eigenvalue weighted by Gasteiger charge is -2.59. The van der Waals surface area contributed by atoms with Crippen LogP contribution in [-0.4, -0.2) is 11.7 Å². The standard InChI is InChI=1S/C21H30O/c22-10-19-14-2-13-7-17(9-14)21(18(19)8-13)20-15-3-11-1-12(5-15)6-16(20)4-11/h11-19,22H,1-10H2/t11?,12?,13-,14+,15?,16?,17-,18+,19-/m0/s1. The Labute approximate surface area is 134 Å². The molecule has 8 fully saturated rings. The maximum atomic E-state index is 10.0. The van der Waals surface area contributed by atoms with Gasteiger partial charge in [0.05, 0.1) is 0 Å². The van der Waals surface area contributed by atoms with Crippen LogP contribution in [0.25, 0.3) is 0 Å². The van der Waals surface area contributed by atoms with Gasteiger partial charge in [-0.1, -0.05) is 11.1 Å². The molecule has 0 aliphatic heterocycles. The van der Waals surface area contributed by atoms with Crippen molar-refractivity contribution in [2.24, 2.45) is 53.3 Å². The Morgan fingerprint density at radius 2 is 1.23 bits per heavy atom. The highest BCUT2D eigenvalue weighted by Gasteiger charge is 2.54. The van der Waals surface area contributed by atoms with Gasteiger partial charge in [0.25, 0.3) is 0 Å². The highest BCUT2D eigenvalue weighted by atomic mass is 16.3. The summed E-state index contributed by atoms with van der Waals surface area (Å²) < 4.78 is 0. The van der Waals surface area contributed by atoms with E-state index in [0.29, 0.717) is 12.5 Å². The Balaban J connectivity index is 1.46. The largest absolute Gasteiger partial charge is 0.396 e. The average molecular weight is 298 g/mol. The van der Waals surface area contributed by atoms with Crippen LogP contribution in [0.1, 0.15) is 57.8 Å². The summed E-state index contributed by atoms with van der Waals surface area (Å²) in [6, 6.07) is 0. The average Bonchev–Trinajstić information content (AvgIpc) is 2.48. The Bertz CT molecular complexity index is 502. The molecule has 8 bridgehead atoms. The van der Waals surface area contributed by atoms with Gasteiger partial charge in [0.1, 0.15) is 0 Å². The highest BCUT2D eigenvalue weighted by Crippen LogP contribution is 2.64. The van der Waals surface area contributed by atoms with Gasteiger partial charge in [0.2, 0.25) is 0 Å². The van der Waals surface area contributed by atoms with E-state index in [0.717, 1.165) is 47.3 Å². The number of hydrogen-bond donors (Lipinski definition) is 1. The topological polar surface area (TPSA) is 20.2 Å². The summed E-state index contributed by atoms with van der Waals surface area (Å²) in [5, 5.41) is 10.0. The van der Waals surface area contributed by atoms with Gasteiger partial charge in [0, 0.05) is 6.61 Å². The molecule has 5 atom stereocenters. The number of allylic oxidation sites excluding steroid dienone is 2. The predicted octanol–water partition coefficient (Wildman–Crippen LogP) is 4.41. The van der Waals surface area contributed by atoms with Crippen LogP contribution in [0.4, 0.5) is 0 Å². The Morgan fingerprint density at radius 3 is 1.86 bits per heavy atom. The van der Waals surface area contributed by atoms with Crippen molar-refractivity contribution >= 4 is 0 Å². The normalized spacial score (nSPS) is 58.0.